The first-order chi connectivity index (χ1) is 27.3. The predicted molar refractivity (Wildman–Crippen MR) is 230 cm³/mol. The lowest BCUT2D eigenvalue weighted by atomic mass is 9.99. The summed E-state index contributed by atoms with van der Waals surface area (Å²) in [6.45, 7) is 3.74. The Hall–Kier alpha value is -1.59. The minimum atomic E-state index is -1.57. The number of rotatable bonds is 38. The molecule has 0 aromatic heterocycles. The van der Waals surface area contributed by atoms with E-state index in [-0.39, 0.29) is 12.5 Å². The Bertz CT molecular complexity index is 972. The van der Waals surface area contributed by atoms with Gasteiger partial charge in [0.2, 0.25) is 5.91 Å². The SMILES string of the molecule is CCCCC/C=C\C/C=C\CCCCCCCCCC(=O)NC(COC1OC(CO)C(O)C(O)C1O)C(O)/C=C/CCCCCCCCCCCCCCCC. The topological polar surface area (TPSA) is 149 Å². The van der Waals surface area contributed by atoms with Gasteiger partial charge in [0.25, 0.3) is 0 Å². The van der Waals surface area contributed by atoms with Crippen molar-refractivity contribution in [1.29, 1.82) is 0 Å². The molecule has 328 valence electrons. The van der Waals surface area contributed by atoms with Crippen molar-refractivity contribution in [3.05, 3.63) is 36.5 Å². The summed E-state index contributed by atoms with van der Waals surface area (Å²) in [5.74, 6) is -0.186. The molecule has 0 aliphatic carbocycles. The largest absolute Gasteiger partial charge is 0.394 e. The van der Waals surface area contributed by atoms with Crippen molar-refractivity contribution >= 4 is 5.91 Å². The summed E-state index contributed by atoms with van der Waals surface area (Å²) in [6.07, 6.45) is 38.9. The van der Waals surface area contributed by atoms with E-state index in [2.05, 4.69) is 43.5 Å². The van der Waals surface area contributed by atoms with Crippen molar-refractivity contribution in [3.63, 3.8) is 0 Å². The van der Waals surface area contributed by atoms with Crippen molar-refractivity contribution in [2.45, 2.75) is 243 Å². The highest BCUT2D eigenvalue weighted by atomic mass is 16.7. The molecule has 1 aliphatic heterocycles. The Morgan fingerprint density at radius 3 is 1.57 bits per heavy atom. The monoisotopic (exact) mass is 794 g/mol. The van der Waals surface area contributed by atoms with Gasteiger partial charge in [-0.15, -0.1) is 0 Å². The first kappa shape index (κ1) is 52.4. The van der Waals surface area contributed by atoms with Crippen LogP contribution in [-0.4, -0.2) is 87.5 Å². The van der Waals surface area contributed by atoms with Crippen LogP contribution in [0.15, 0.2) is 36.5 Å². The van der Waals surface area contributed by atoms with Gasteiger partial charge >= 0.3 is 0 Å². The highest BCUT2D eigenvalue weighted by Crippen LogP contribution is 2.22. The molecule has 56 heavy (non-hydrogen) atoms. The van der Waals surface area contributed by atoms with Gasteiger partial charge in [-0.3, -0.25) is 4.79 Å². The Labute approximate surface area is 342 Å². The number of carbonyl (C=O) groups is 1. The third-order valence-electron chi connectivity index (χ3n) is 11.0. The number of allylic oxidation sites excluding steroid dienone is 5. The molecule has 0 spiro atoms. The molecule has 1 saturated heterocycles. The second kappa shape index (κ2) is 37.7. The molecule has 0 bridgehead atoms. The molecule has 9 nitrogen and oxygen atoms in total. The van der Waals surface area contributed by atoms with Crippen molar-refractivity contribution < 1.29 is 39.8 Å². The van der Waals surface area contributed by atoms with Gasteiger partial charge in [0.15, 0.2) is 6.29 Å². The van der Waals surface area contributed by atoms with Crippen LogP contribution in [0.2, 0.25) is 0 Å². The smallest absolute Gasteiger partial charge is 0.220 e. The summed E-state index contributed by atoms with van der Waals surface area (Å²) >= 11 is 0. The van der Waals surface area contributed by atoms with Crippen LogP contribution in [0, 0.1) is 0 Å². The van der Waals surface area contributed by atoms with E-state index in [0.29, 0.717) is 6.42 Å². The third-order valence-corrected chi connectivity index (χ3v) is 11.0. The number of aliphatic hydroxyl groups is 5. The lowest BCUT2D eigenvalue weighted by Gasteiger charge is -2.40. The zero-order valence-corrected chi connectivity index (χ0v) is 35.9. The van der Waals surface area contributed by atoms with Gasteiger partial charge in [-0.25, -0.2) is 0 Å². The maximum absolute atomic E-state index is 13.0. The van der Waals surface area contributed by atoms with Gasteiger partial charge < -0.3 is 40.3 Å². The number of carbonyl (C=O) groups excluding carboxylic acids is 1. The maximum atomic E-state index is 13.0. The fourth-order valence-corrected chi connectivity index (χ4v) is 7.19. The fraction of sp³-hybridized carbons (Fsp3) is 0.851. The van der Waals surface area contributed by atoms with E-state index >= 15 is 0 Å². The average molecular weight is 794 g/mol. The lowest BCUT2D eigenvalue weighted by Crippen LogP contribution is -2.60. The molecule has 1 aliphatic rings. The van der Waals surface area contributed by atoms with E-state index in [1.807, 2.05) is 6.08 Å². The molecule has 6 N–H and O–H groups in total. The number of ether oxygens (including phenoxy) is 2. The molecule has 0 radical (unpaired) electrons. The summed E-state index contributed by atoms with van der Waals surface area (Å²) in [5.41, 5.74) is 0. The summed E-state index contributed by atoms with van der Waals surface area (Å²) < 4.78 is 11.2. The number of nitrogens with one attached hydrogen (secondary N) is 1. The van der Waals surface area contributed by atoms with Gasteiger partial charge in [-0.2, -0.15) is 0 Å². The van der Waals surface area contributed by atoms with Crippen molar-refractivity contribution in [1.82, 2.24) is 5.32 Å². The van der Waals surface area contributed by atoms with Gasteiger partial charge in [0, 0.05) is 6.42 Å². The molecular formula is C47H87NO8. The van der Waals surface area contributed by atoms with Gasteiger partial charge in [-0.05, 0) is 51.4 Å². The fourth-order valence-electron chi connectivity index (χ4n) is 7.19. The van der Waals surface area contributed by atoms with E-state index in [4.69, 9.17) is 9.47 Å². The highest BCUT2D eigenvalue weighted by Gasteiger charge is 2.44. The molecule has 7 unspecified atom stereocenters. The number of hydrogen-bond acceptors (Lipinski definition) is 8. The quantitative estimate of drug-likeness (QED) is 0.0268. The van der Waals surface area contributed by atoms with Crippen LogP contribution in [0.1, 0.15) is 200 Å². The molecule has 1 heterocycles. The van der Waals surface area contributed by atoms with Crippen LogP contribution in [0.5, 0.6) is 0 Å². The summed E-state index contributed by atoms with van der Waals surface area (Å²) in [6, 6.07) is -0.807. The Morgan fingerprint density at radius 2 is 1.05 bits per heavy atom. The van der Waals surface area contributed by atoms with Gasteiger partial charge in [-0.1, -0.05) is 179 Å². The Balaban J connectivity index is 2.37. The summed E-state index contributed by atoms with van der Waals surface area (Å²) in [5, 5.41) is 54.2. The molecule has 0 aromatic rings. The van der Waals surface area contributed by atoms with E-state index in [0.717, 1.165) is 57.8 Å². The lowest BCUT2D eigenvalue weighted by molar-refractivity contribution is -0.302. The van der Waals surface area contributed by atoms with Gasteiger partial charge in [0.1, 0.15) is 24.4 Å². The van der Waals surface area contributed by atoms with Crippen LogP contribution in [0.25, 0.3) is 0 Å². The molecule has 0 aromatic carbocycles. The number of aliphatic hydroxyl groups excluding tert-OH is 5. The Morgan fingerprint density at radius 1 is 0.607 bits per heavy atom. The molecule has 7 atom stereocenters. The van der Waals surface area contributed by atoms with Crippen molar-refractivity contribution in [3.8, 4) is 0 Å². The second-order valence-corrected chi connectivity index (χ2v) is 16.2. The van der Waals surface area contributed by atoms with Gasteiger partial charge in [0.05, 0.1) is 25.4 Å². The molecular weight excluding hydrogens is 707 g/mol. The highest BCUT2D eigenvalue weighted by molar-refractivity contribution is 5.76. The first-order valence-electron chi connectivity index (χ1n) is 23.2. The average Bonchev–Trinajstić information content (AvgIpc) is 3.20. The van der Waals surface area contributed by atoms with Crippen LogP contribution in [0.4, 0.5) is 0 Å². The van der Waals surface area contributed by atoms with Crippen molar-refractivity contribution in [2.24, 2.45) is 0 Å². The predicted octanol–water partition coefficient (Wildman–Crippen LogP) is 9.67. The van der Waals surface area contributed by atoms with Crippen LogP contribution < -0.4 is 5.32 Å². The van der Waals surface area contributed by atoms with Crippen molar-refractivity contribution in [2.75, 3.05) is 13.2 Å². The van der Waals surface area contributed by atoms with Crippen LogP contribution in [-0.2, 0) is 14.3 Å². The molecule has 0 saturated carbocycles. The minimum absolute atomic E-state index is 0.186. The van der Waals surface area contributed by atoms with E-state index in [9.17, 15) is 30.3 Å². The number of hydrogen-bond donors (Lipinski definition) is 6. The zero-order valence-electron chi connectivity index (χ0n) is 35.9. The van der Waals surface area contributed by atoms with E-state index in [1.165, 1.54) is 122 Å². The van der Waals surface area contributed by atoms with E-state index < -0.39 is 49.5 Å². The van der Waals surface area contributed by atoms with Crippen LogP contribution >= 0.6 is 0 Å². The molecule has 1 fully saturated rings. The molecule has 9 heteroatoms. The normalized spacial score (nSPS) is 21.4. The maximum Gasteiger partial charge on any atom is 0.220 e. The third kappa shape index (κ3) is 27.9. The van der Waals surface area contributed by atoms with E-state index in [1.54, 1.807) is 6.08 Å². The Kier molecular flexibility index (Phi) is 35.3. The molecule has 1 amide bonds. The number of amides is 1. The zero-order chi connectivity index (χ0) is 40.9. The molecule has 1 rings (SSSR count). The second-order valence-electron chi connectivity index (χ2n) is 16.2. The first-order valence-corrected chi connectivity index (χ1v) is 23.2. The summed E-state index contributed by atoms with van der Waals surface area (Å²) in [7, 11) is 0. The summed E-state index contributed by atoms with van der Waals surface area (Å²) in [4.78, 5) is 13.0. The van der Waals surface area contributed by atoms with Crippen LogP contribution in [0.3, 0.4) is 0 Å². The standard InChI is InChI=1S/C47H87NO8/c1-3-5-7-9-11-13-15-17-19-21-23-25-27-29-31-33-35-37-43(51)48-40(39-55-47-46(54)45(53)44(52)42(38-49)56-47)41(50)36-34-32-30-28-26-24-22-20-18-16-14-12-10-8-6-4-2/h11,13,17,19,34,36,40-42,44-47,49-50,52-54H,3-10,12,14-16,18,20-33,35,37-39H2,1-2H3,(H,48,51)/b13-11-,19-17-,36-34+. The minimum Gasteiger partial charge on any atom is -0.394 e. The number of unbranched alkanes of at least 4 members (excludes halogenated alkanes) is 24.